The third kappa shape index (κ3) is 5.13. The molecule has 0 fully saturated rings. The minimum atomic E-state index is -0.254. The highest BCUT2D eigenvalue weighted by Gasteiger charge is 2.13. The first-order valence-electron chi connectivity index (χ1n) is 10.2. The van der Waals surface area contributed by atoms with Crippen molar-refractivity contribution in [3.05, 3.63) is 102 Å². The molecule has 0 saturated carbocycles. The van der Waals surface area contributed by atoms with E-state index in [1.807, 2.05) is 67.6 Å². The van der Waals surface area contributed by atoms with Crippen molar-refractivity contribution in [2.45, 2.75) is 20.1 Å². The number of aryl methyl sites for hydroxylation is 1. The second-order valence-corrected chi connectivity index (χ2v) is 7.26. The summed E-state index contributed by atoms with van der Waals surface area (Å²) in [5.41, 5.74) is 3.97. The summed E-state index contributed by atoms with van der Waals surface area (Å²) < 4.78 is 12.9. The standard InChI is InChI=1S/C25H24N4O3/c1-18-9-10-24(31-2)23(14-18)29-13-11-22(28-29)25(30)27-16-19-6-5-8-21(15-19)32-17-20-7-3-4-12-26-20/h3-15H,16-17H2,1-2H3,(H,27,30). The molecule has 0 aliphatic heterocycles. The first-order chi connectivity index (χ1) is 15.6. The van der Waals surface area contributed by atoms with Crippen LogP contribution >= 0.6 is 0 Å². The van der Waals surface area contributed by atoms with E-state index < -0.39 is 0 Å². The number of carbonyl (C=O) groups excluding carboxylic acids is 1. The Balaban J connectivity index is 1.38. The smallest absolute Gasteiger partial charge is 0.272 e. The molecule has 0 unspecified atom stereocenters. The molecule has 162 valence electrons. The summed E-state index contributed by atoms with van der Waals surface area (Å²) in [5, 5.41) is 7.32. The van der Waals surface area contributed by atoms with Crippen molar-refractivity contribution < 1.29 is 14.3 Å². The van der Waals surface area contributed by atoms with E-state index in [1.54, 1.807) is 30.3 Å². The minimum absolute atomic E-state index is 0.254. The van der Waals surface area contributed by atoms with E-state index in [-0.39, 0.29) is 5.91 Å². The third-order valence-corrected chi connectivity index (χ3v) is 4.87. The fourth-order valence-corrected chi connectivity index (χ4v) is 3.22. The Morgan fingerprint density at radius 1 is 1.06 bits per heavy atom. The number of ether oxygens (including phenoxy) is 2. The number of hydrogen-bond acceptors (Lipinski definition) is 5. The highest BCUT2D eigenvalue weighted by molar-refractivity contribution is 5.92. The van der Waals surface area contributed by atoms with E-state index in [4.69, 9.17) is 9.47 Å². The Bertz CT molecular complexity index is 1200. The molecule has 0 radical (unpaired) electrons. The van der Waals surface area contributed by atoms with Gasteiger partial charge in [0.05, 0.1) is 12.8 Å². The Hall–Kier alpha value is -4.13. The molecule has 2 heterocycles. The minimum Gasteiger partial charge on any atom is -0.494 e. The van der Waals surface area contributed by atoms with Crippen molar-refractivity contribution in [2.75, 3.05) is 7.11 Å². The van der Waals surface area contributed by atoms with Crippen LogP contribution in [0.5, 0.6) is 11.5 Å². The maximum atomic E-state index is 12.6. The van der Waals surface area contributed by atoms with Gasteiger partial charge in [0, 0.05) is 18.9 Å². The normalized spacial score (nSPS) is 10.6. The third-order valence-electron chi connectivity index (χ3n) is 4.87. The summed E-state index contributed by atoms with van der Waals surface area (Å²) in [6.45, 7) is 2.74. The summed E-state index contributed by atoms with van der Waals surface area (Å²) in [4.78, 5) is 16.9. The number of methoxy groups -OCH3 is 1. The lowest BCUT2D eigenvalue weighted by molar-refractivity contribution is 0.0945. The van der Waals surface area contributed by atoms with Gasteiger partial charge in [-0.25, -0.2) is 4.68 Å². The zero-order valence-electron chi connectivity index (χ0n) is 18.0. The van der Waals surface area contributed by atoms with Gasteiger partial charge in [-0.3, -0.25) is 9.78 Å². The summed E-state index contributed by atoms with van der Waals surface area (Å²) >= 11 is 0. The summed E-state index contributed by atoms with van der Waals surface area (Å²) in [6, 6.07) is 20.8. The number of nitrogens with one attached hydrogen (secondary N) is 1. The maximum absolute atomic E-state index is 12.6. The maximum Gasteiger partial charge on any atom is 0.272 e. The number of pyridine rings is 1. The summed E-state index contributed by atoms with van der Waals surface area (Å²) in [7, 11) is 1.61. The molecule has 0 atom stereocenters. The Morgan fingerprint density at radius 3 is 2.78 bits per heavy atom. The predicted molar refractivity (Wildman–Crippen MR) is 121 cm³/mol. The second kappa shape index (κ2) is 9.78. The Kier molecular flexibility index (Phi) is 6.46. The van der Waals surface area contributed by atoms with Crippen LogP contribution in [0, 0.1) is 6.92 Å². The number of rotatable bonds is 8. The molecule has 0 saturated heterocycles. The predicted octanol–water partition coefficient (Wildman–Crippen LogP) is 4.09. The number of nitrogens with zero attached hydrogens (tertiary/aromatic N) is 3. The number of benzene rings is 2. The lowest BCUT2D eigenvalue weighted by atomic mass is 10.2. The molecule has 32 heavy (non-hydrogen) atoms. The first-order valence-corrected chi connectivity index (χ1v) is 10.2. The molecule has 1 N–H and O–H groups in total. The summed E-state index contributed by atoms with van der Waals surface area (Å²) in [5.74, 6) is 1.15. The quantitative estimate of drug-likeness (QED) is 0.457. The molecular formula is C25H24N4O3. The van der Waals surface area contributed by atoms with E-state index in [0.29, 0.717) is 24.6 Å². The van der Waals surface area contributed by atoms with Gasteiger partial charge < -0.3 is 14.8 Å². The zero-order chi connectivity index (χ0) is 22.3. The molecule has 7 heteroatoms. The number of carbonyl (C=O) groups is 1. The molecule has 2 aromatic carbocycles. The largest absolute Gasteiger partial charge is 0.494 e. The van der Waals surface area contributed by atoms with Gasteiger partial charge in [-0.15, -0.1) is 0 Å². The van der Waals surface area contributed by atoms with E-state index in [0.717, 1.165) is 28.3 Å². The topological polar surface area (TPSA) is 78.3 Å². The second-order valence-electron chi connectivity index (χ2n) is 7.26. The van der Waals surface area contributed by atoms with Gasteiger partial charge in [0.1, 0.15) is 23.8 Å². The van der Waals surface area contributed by atoms with Crippen LogP contribution in [0.15, 0.2) is 79.1 Å². The Labute approximate surface area is 186 Å². The zero-order valence-corrected chi connectivity index (χ0v) is 18.0. The monoisotopic (exact) mass is 428 g/mol. The molecule has 2 aromatic heterocycles. The van der Waals surface area contributed by atoms with Gasteiger partial charge in [-0.2, -0.15) is 5.10 Å². The number of aromatic nitrogens is 3. The molecule has 7 nitrogen and oxygen atoms in total. The van der Waals surface area contributed by atoms with E-state index in [9.17, 15) is 4.79 Å². The van der Waals surface area contributed by atoms with Crippen LogP contribution in [0.2, 0.25) is 0 Å². The van der Waals surface area contributed by atoms with E-state index >= 15 is 0 Å². The van der Waals surface area contributed by atoms with Crippen molar-refractivity contribution in [3.63, 3.8) is 0 Å². The molecule has 0 aliphatic rings. The van der Waals surface area contributed by atoms with Gasteiger partial charge in [0.15, 0.2) is 5.69 Å². The molecule has 4 rings (SSSR count). The average Bonchev–Trinajstić information content (AvgIpc) is 3.32. The van der Waals surface area contributed by atoms with Gasteiger partial charge in [-0.05, 0) is 60.5 Å². The van der Waals surface area contributed by atoms with Crippen LogP contribution in [0.4, 0.5) is 0 Å². The van der Waals surface area contributed by atoms with Crippen molar-refractivity contribution in [1.29, 1.82) is 0 Å². The van der Waals surface area contributed by atoms with Crippen LogP contribution < -0.4 is 14.8 Å². The fraction of sp³-hybridized carbons (Fsp3) is 0.160. The van der Waals surface area contributed by atoms with Crippen LogP contribution in [-0.4, -0.2) is 27.8 Å². The van der Waals surface area contributed by atoms with E-state index in [1.165, 1.54) is 0 Å². The van der Waals surface area contributed by atoms with Crippen LogP contribution in [0.1, 0.15) is 27.3 Å². The molecule has 0 spiro atoms. The van der Waals surface area contributed by atoms with Gasteiger partial charge in [-0.1, -0.05) is 24.3 Å². The van der Waals surface area contributed by atoms with Crippen molar-refractivity contribution in [3.8, 4) is 17.2 Å². The van der Waals surface area contributed by atoms with Gasteiger partial charge >= 0.3 is 0 Å². The van der Waals surface area contributed by atoms with Gasteiger partial charge in [0.25, 0.3) is 5.91 Å². The lowest BCUT2D eigenvalue weighted by Crippen LogP contribution is -2.23. The highest BCUT2D eigenvalue weighted by Crippen LogP contribution is 2.23. The molecule has 4 aromatic rings. The lowest BCUT2D eigenvalue weighted by Gasteiger charge is -2.09. The van der Waals surface area contributed by atoms with Gasteiger partial charge in [0.2, 0.25) is 0 Å². The number of hydrogen-bond donors (Lipinski definition) is 1. The Morgan fingerprint density at radius 2 is 1.97 bits per heavy atom. The first kappa shape index (κ1) is 21.1. The fourth-order valence-electron chi connectivity index (χ4n) is 3.22. The van der Waals surface area contributed by atoms with Crippen molar-refractivity contribution in [2.24, 2.45) is 0 Å². The summed E-state index contributed by atoms with van der Waals surface area (Å²) in [6.07, 6.45) is 3.49. The molecular weight excluding hydrogens is 404 g/mol. The van der Waals surface area contributed by atoms with Crippen molar-refractivity contribution in [1.82, 2.24) is 20.1 Å². The van der Waals surface area contributed by atoms with E-state index in [2.05, 4.69) is 15.4 Å². The molecule has 0 bridgehead atoms. The molecule has 1 amide bonds. The highest BCUT2D eigenvalue weighted by atomic mass is 16.5. The van der Waals surface area contributed by atoms with Crippen LogP contribution in [-0.2, 0) is 13.2 Å². The van der Waals surface area contributed by atoms with Crippen molar-refractivity contribution >= 4 is 5.91 Å². The number of amides is 1. The average molecular weight is 428 g/mol. The molecule has 0 aliphatic carbocycles. The van der Waals surface area contributed by atoms with Crippen LogP contribution in [0.3, 0.4) is 0 Å². The SMILES string of the molecule is COc1ccc(C)cc1-n1ccc(C(=O)NCc2cccc(OCc3ccccn3)c2)n1. The van der Waals surface area contributed by atoms with Crippen LogP contribution in [0.25, 0.3) is 5.69 Å².